The van der Waals surface area contributed by atoms with Crippen LogP contribution in [0, 0.1) is 5.92 Å². The molecule has 7 heteroatoms. The summed E-state index contributed by atoms with van der Waals surface area (Å²) < 4.78 is 28.2. The Bertz CT molecular complexity index is 520. The Hall–Kier alpha value is 0.570. The summed E-state index contributed by atoms with van der Waals surface area (Å²) in [5, 5.41) is 0.941. The summed E-state index contributed by atoms with van der Waals surface area (Å²) in [6.45, 7) is 2.59. The molecule has 0 radical (unpaired) electrons. The van der Waals surface area contributed by atoms with Gasteiger partial charge in [0.25, 0.3) is 0 Å². The van der Waals surface area contributed by atoms with Crippen LogP contribution in [0.1, 0.15) is 19.8 Å². The van der Waals surface area contributed by atoms with Crippen LogP contribution < -0.4 is 4.72 Å². The Morgan fingerprint density at radius 3 is 2.63 bits per heavy atom. The van der Waals surface area contributed by atoms with Crippen LogP contribution in [0.25, 0.3) is 0 Å². The first kappa shape index (κ1) is 17.6. The Kier molecular flexibility index (Phi) is 7.53. The number of benzene rings is 1. The number of hydrogen-bond donors (Lipinski definition) is 1. The van der Waals surface area contributed by atoms with Crippen molar-refractivity contribution in [2.45, 2.75) is 24.7 Å². The van der Waals surface area contributed by atoms with E-state index in [1.807, 2.05) is 0 Å². The smallest absolute Gasteiger partial charge is 0.211 e. The summed E-state index contributed by atoms with van der Waals surface area (Å²) in [5.41, 5.74) is 0. The summed E-state index contributed by atoms with van der Waals surface area (Å²) in [4.78, 5) is 0.260. The van der Waals surface area contributed by atoms with Gasteiger partial charge in [-0.25, -0.2) is 13.1 Å². The molecule has 1 atom stereocenters. The summed E-state index contributed by atoms with van der Waals surface area (Å²) in [5.74, 6) is 0.558. The molecule has 0 aliphatic heterocycles. The van der Waals surface area contributed by atoms with Gasteiger partial charge in [0.15, 0.2) is 0 Å². The van der Waals surface area contributed by atoms with E-state index >= 15 is 0 Å². The van der Waals surface area contributed by atoms with Crippen molar-refractivity contribution >= 4 is 57.8 Å². The normalized spacial score (nSPS) is 13.5. The largest absolute Gasteiger partial charge is 0.241 e. The van der Waals surface area contributed by atoms with Gasteiger partial charge < -0.3 is 0 Å². The zero-order valence-corrected chi connectivity index (χ0v) is 16.1. The van der Waals surface area contributed by atoms with Crippen molar-refractivity contribution in [2.75, 3.05) is 11.9 Å². The molecule has 3 nitrogen and oxygen atoms in total. The predicted molar refractivity (Wildman–Crippen MR) is 89.2 cm³/mol. The average molecular weight is 478 g/mol. The highest BCUT2D eigenvalue weighted by Crippen LogP contribution is 2.25. The molecule has 1 N–H and O–H groups in total. The third-order valence-electron chi connectivity index (χ3n) is 2.61. The molecular weight excluding hydrogens is 462 g/mol. The van der Waals surface area contributed by atoms with E-state index in [0.717, 1.165) is 22.6 Å². The Balaban J connectivity index is 2.64. The molecule has 0 aliphatic carbocycles. The molecule has 0 saturated carbocycles. The van der Waals surface area contributed by atoms with Crippen LogP contribution in [0.3, 0.4) is 0 Å². The van der Waals surface area contributed by atoms with Gasteiger partial charge in [0.2, 0.25) is 10.0 Å². The second kappa shape index (κ2) is 8.12. The summed E-state index contributed by atoms with van der Waals surface area (Å²) in [7, 11) is -3.46. The Morgan fingerprint density at radius 2 is 2.00 bits per heavy atom. The van der Waals surface area contributed by atoms with Gasteiger partial charge in [-0.15, -0.1) is 0 Å². The molecular formula is C12H16Br3NO2S. The van der Waals surface area contributed by atoms with Crippen LogP contribution in [0.15, 0.2) is 32.0 Å². The second-order valence-electron chi connectivity index (χ2n) is 4.37. The molecule has 0 aliphatic rings. The molecule has 1 aromatic carbocycles. The quantitative estimate of drug-likeness (QED) is 0.470. The molecule has 0 bridgehead atoms. The summed E-state index contributed by atoms with van der Waals surface area (Å²) in [6, 6.07) is 5.10. The van der Waals surface area contributed by atoms with Gasteiger partial charge in [-0.05, 0) is 52.9 Å². The van der Waals surface area contributed by atoms with E-state index in [2.05, 4.69) is 59.4 Å². The van der Waals surface area contributed by atoms with Crippen molar-refractivity contribution in [2.24, 2.45) is 5.92 Å². The molecule has 0 aromatic heterocycles. The van der Waals surface area contributed by atoms with E-state index in [0.29, 0.717) is 16.9 Å². The fraction of sp³-hybridized carbons (Fsp3) is 0.500. The van der Waals surface area contributed by atoms with Crippen molar-refractivity contribution in [1.29, 1.82) is 0 Å². The first-order valence-electron chi connectivity index (χ1n) is 5.87. The molecule has 0 spiro atoms. The zero-order valence-electron chi connectivity index (χ0n) is 10.5. The number of rotatable bonds is 7. The van der Waals surface area contributed by atoms with E-state index in [4.69, 9.17) is 0 Å². The number of sulfonamides is 1. The molecule has 0 amide bonds. The number of halogens is 3. The molecule has 1 aromatic rings. The fourth-order valence-corrected chi connectivity index (χ4v) is 4.39. The maximum absolute atomic E-state index is 12.1. The van der Waals surface area contributed by atoms with Crippen molar-refractivity contribution in [3.05, 3.63) is 27.1 Å². The van der Waals surface area contributed by atoms with E-state index in [1.165, 1.54) is 0 Å². The lowest BCUT2D eigenvalue weighted by Gasteiger charge is -2.10. The maximum atomic E-state index is 12.1. The van der Waals surface area contributed by atoms with Crippen LogP contribution in [-0.4, -0.2) is 20.3 Å². The lowest BCUT2D eigenvalue weighted by atomic mass is 10.1. The van der Waals surface area contributed by atoms with Crippen molar-refractivity contribution in [3.8, 4) is 0 Å². The molecule has 0 fully saturated rings. The highest BCUT2D eigenvalue weighted by Gasteiger charge is 2.17. The molecule has 19 heavy (non-hydrogen) atoms. The predicted octanol–water partition coefficient (Wildman–Crippen LogP) is 4.30. The van der Waals surface area contributed by atoms with Gasteiger partial charge in [-0.2, -0.15) is 0 Å². The SMILES string of the molecule is CC(CBr)CCCNS(=O)(=O)c1cc(Br)ccc1Br. The monoisotopic (exact) mass is 475 g/mol. The van der Waals surface area contributed by atoms with Crippen molar-refractivity contribution < 1.29 is 8.42 Å². The molecule has 1 rings (SSSR count). The van der Waals surface area contributed by atoms with Gasteiger partial charge in [0.1, 0.15) is 0 Å². The van der Waals surface area contributed by atoms with E-state index in [-0.39, 0.29) is 4.90 Å². The minimum Gasteiger partial charge on any atom is -0.211 e. The van der Waals surface area contributed by atoms with Gasteiger partial charge in [0, 0.05) is 20.8 Å². The topological polar surface area (TPSA) is 46.2 Å². The summed E-state index contributed by atoms with van der Waals surface area (Å²) >= 11 is 9.95. The van der Waals surface area contributed by atoms with Crippen molar-refractivity contribution in [1.82, 2.24) is 4.72 Å². The van der Waals surface area contributed by atoms with Gasteiger partial charge in [0.05, 0.1) is 4.90 Å². The van der Waals surface area contributed by atoms with Gasteiger partial charge in [-0.1, -0.05) is 38.8 Å². The van der Waals surface area contributed by atoms with Crippen LogP contribution in [0.2, 0.25) is 0 Å². The van der Waals surface area contributed by atoms with Crippen LogP contribution >= 0.6 is 47.8 Å². The van der Waals surface area contributed by atoms with Crippen LogP contribution in [0.4, 0.5) is 0 Å². The van der Waals surface area contributed by atoms with Gasteiger partial charge in [-0.3, -0.25) is 0 Å². The maximum Gasteiger partial charge on any atom is 0.241 e. The fourth-order valence-electron chi connectivity index (χ4n) is 1.50. The van der Waals surface area contributed by atoms with Crippen molar-refractivity contribution in [3.63, 3.8) is 0 Å². The number of nitrogens with one attached hydrogen (secondary N) is 1. The molecule has 0 saturated heterocycles. The Labute approximate surface area is 140 Å². The van der Waals surface area contributed by atoms with Crippen LogP contribution in [-0.2, 0) is 10.0 Å². The molecule has 108 valence electrons. The molecule has 0 heterocycles. The molecule has 1 unspecified atom stereocenters. The third kappa shape index (κ3) is 5.83. The first-order chi connectivity index (χ1) is 8.86. The summed E-state index contributed by atoms with van der Waals surface area (Å²) in [6.07, 6.45) is 1.82. The first-order valence-corrected chi connectivity index (χ1v) is 10.1. The average Bonchev–Trinajstić information content (AvgIpc) is 2.37. The van der Waals surface area contributed by atoms with Gasteiger partial charge >= 0.3 is 0 Å². The van der Waals surface area contributed by atoms with E-state index in [9.17, 15) is 8.42 Å². The van der Waals surface area contributed by atoms with Crippen LogP contribution in [0.5, 0.6) is 0 Å². The Morgan fingerprint density at radius 1 is 1.32 bits per heavy atom. The zero-order chi connectivity index (χ0) is 14.5. The van der Waals surface area contributed by atoms with E-state index < -0.39 is 10.0 Å². The lowest BCUT2D eigenvalue weighted by Crippen LogP contribution is -2.25. The van der Waals surface area contributed by atoms with E-state index in [1.54, 1.807) is 18.2 Å². The third-order valence-corrected chi connectivity index (χ3v) is 6.67. The standard InChI is InChI=1S/C12H16Br3NO2S/c1-9(8-13)3-2-6-16-19(17,18)12-7-10(14)4-5-11(12)15/h4-5,7,9,16H,2-3,6,8H2,1H3. The second-order valence-corrected chi connectivity index (χ2v) is 8.53. The lowest BCUT2D eigenvalue weighted by molar-refractivity contribution is 0.546. The minimum atomic E-state index is -3.46. The minimum absolute atomic E-state index is 0.260. The number of hydrogen-bond acceptors (Lipinski definition) is 2. The highest BCUT2D eigenvalue weighted by atomic mass is 79.9. The number of alkyl halides is 1. The highest BCUT2D eigenvalue weighted by molar-refractivity contribution is 9.11.